The zero-order valence-corrected chi connectivity index (χ0v) is 26.6. The van der Waals surface area contributed by atoms with Crippen molar-refractivity contribution in [2.24, 2.45) is 11.8 Å². The highest BCUT2D eigenvalue weighted by atomic mass is 16.8. The monoisotopic (exact) mass is 712 g/mol. The molecule has 0 amide bonds. The number of benzene rings is 1. The van der Waals surface area contributed by atoms with Gasteiger partial charge >= 0.3 is 11.9 Å². The number of methoxy groups -OCH3 is 1. The second kappa shape index (κ2) is 16.1. The van der Waals surface area contributed by atoms with Crippen molar-refractivity contribution in [3.63, 3.8) is 0 Å². The number of aromatic hydroxyl groups is 2. The molecule has 0 saturated carbocycles. The van der Waals surface area contributed by atoms with E-state index in [4.69, 9.17) is 33.2 Å². The van der Waals surface area contributed by atoms with Gasteiger partial charge in [-0.25, -0.2) is 9.59 Å². The Labute approximate surface area is 284 Å². The van der Waals surface area contributed by atoms with Crippen LogP contribution >= 0.6 is 0 Å². The van der Waals surface area contributed by atoms with Gasteiger partial charge in [-0.2, -0.15) is 0 Å². The second-order valence-electron chi connectivity index (χ2n) is 12.1. The number of carbonyl (C=O) groups excluding carboxylic acids is 2. The normalized spacial score (nSPS) is 37.0. The van der Waals surface area contributed by atoms with E-state index >= 15 is 0 Å². The number of hydrogen-bond donors (Lipinski definition) is 9. The number of aliphatic hydroxyl groups excluding tert-OH is 7. The molecule has 0 aromatic heterocycles. The topological polar surface area (TPSA) is 281 Å². The third-order valence-electron chi connectivity index (χ3n) is 8.95. The van der Waals surface area contributed by atoms with E-state index in [-0.39, 0.29) is 17.9 Å². The Bertz CT molecular complexity index is 1460. The summed E-state index contributed by atoms with van der Waals surface area (Å²) in [6.07, 6.45) is -12.5. The number of esters is 2. The first kappa shape index (κ1) is 37.6. The van der Waals surface area contributed by atoms with E-state index in [2.05, 4.69) is 0 Å². The molecular weight excluding hydrogens is 672 g/mol. The summed E-state index contributed by atoms with van der Waals surface area (Å²) in [6.45, 7) is -1.59. The lowest BCUT2D eigenvalue weighted by Gasteiger charge is -2.44. The Morgan fingerprint density at radius 1 is 0.860 bits per heavy atom. The van der Waals surface area contributed by atoms with Gasteiger partial charge in [0.25, 0.3) is 0 Å². The van der Waals surface area contributed by atoms with Crippen molar-refractivity contribution in [2.75, 3.05) is 26.9 Å². The number of hydrogen-bond acceptors (Lipinski definition) is 18. The molecule has 13 atom stereocenters. The summed E-state index contributed by atoms with van der Waals surface area (Å²) >= 11 is 0. The van der Waals surface area contributed by atoms with Crippen molar-refractivity contribution in [1.82, 2.24) is 0 Å². The summed E-state index contributed by atoms with van der Waals surface area (Å²) in [5.41, 5.74) is 1.07. The maximum absolute atomic E-state index is 12.3. The van der Waals surface area contributed by atoms with Crippen molar-refractivity contribution in [2.45, 2.75) is 74.1 Å². The van der Waals surface area contributed by atoms with Gasteiger partial charge in [0.1, 0.15) is 55.4 Å². The highest BCUT2D eigenvalue weighted by molar-refractivity contribution is 5.89. The first-order valence-electron chi connectivity index (χ1n) is 15.6. The van der Waals surface area contributed by atoms with E-state index in [9.17, 15) is 55.5 Å². The summed E-state index contributed by atoms with van der Waals surface area (Å²) in [6, 6.07) is 3.84. The molecule has 5 rings (SSSR count). The maximum atomic E-state index is 12.3. The van der Waals surface area contributed by atoms with Crippen LogP contribution in [0.2, 0.25) is 0 Å². The Kier molecular flexibility index (Phi) is 12.1. The zero-order valence-electron chi connectivity index (χ0n) is 26.6. The minimum atomic E-state index is -1.83. The molecule has 2 saturated heterocycles. The Balaban J connectivity index is 1.19. The molecule has 50 heavy (non-hydrogen) atoms. The lowest BCUT2D eigenvalue weighted by Crippen LogP contribution is -2.62. The number of carbonyl (C=O) groups is 2. The number of phenolic OH excluding ortho intramolecular Hbond substituents is 2. The molecule has 9 N–H and O–H groups in total. The van der Waals surface area contributed by atoms with Crippen molar-refractivity contribution < 1.29 is 88.7 Å². The number of fused-ring (bicyclic) bond motifs is 1. The van der Waals surface area contributed by atoms with Crippen LogP contribution in [0.15, 0.2) is 47.8 Å². The fourth-order valence-corrected chi connectivity index (χ4v) is 6.12. The molecule has 2 fully saturated rings. The maximum Gasteiger partial charge on any atom is 0.337 e. The molecule has 0 spiro atoms. The van der Waals surface area contributed by atoms with Gasteiger partial charge in [0.15, 0.2) is 24.1 Å². The van der Waals surface area contributed by atoms with Crippen LogP contribution < -0.4 is 0 Å². The molecule has 1 aromatic carbocycles. The SMILES string of the molecule is COC(=O)C1=CO[C@@H](O[C@@H]2O[C@H](CO[C@@H]3O[C@H](COC(=O)/C=C/c4ccc(O)c(O)c4)[C@@H](O)[C@H](O)[C@H]3O)[C@@H](O)[C@H](O)[C@H]2O)[C@@H]2C(CO)=CC[C@H]12. The molecule has 1 aliphatic carbocycles. The third kappa shape index (κ3) is 7.95. The van der Waals surface area contributed by atoms with E-state index in [0.29, 0.717) is 17.6 Å². The predicted molar refractivity (Wildman–Crippen MR) is 162 cm³/mol. The van der Waals surface area contributed by atoms with Gasteiger partial charge in [-0.1, -0.05) is 12.1 Å². The highest BCUT2D eigenvalue weighted by Crippen LogP contribution is 2.44. The van der Waals surface area contributed by atoms with Gasteiger partial charge < -0.3 is 79.1 Å². The molecule has 0 bridgehead atoms. The van der Waals surface area contributed by atoms with Gasteiger partial charge in [-0.15, -0.1) is 0 Å². The molecule has 0 unspecified atom stereocenters. The van der Waals surface area contributed by atoms with Crippen LogP contribution in [0.1, 0.15) is 12.0 Å². The standard InChI is InChI=1S/C32H40O18/c1-44-29(43)16-10-46-30(22-14(9-33)4-5-15(16)22)50-32-28(42)26(40)24(38)20(49-32)12-47-31-27(41)25(39)23(37)19(48-31)11-45-21(36)7-3-13-2-6-17(34)18(35)8-13/h2-4,6-8,10,15,19-20,22-28,30-35,37-42H,5,9,11-12H2,1H3/b7-3+/t15-,19-,20-,22-,23-,24-,25+,26+,27-,28-,30+,31-,32+/m1/s1. The van der Waals surface area contributed by atoms with Crippen molar-refractivity contribution in [1.29, 1.82) is 0 Å². The fourth-order valence-electron chi connectivity index (χ4n) is 6.12. The third-order valence-corrected chi connectivity index (χ3v) is 8.95. The van der Waals surface area contributed by atoms with E-state index in [1.54, 1.807) is 6.08 Å². The summed E-state index contributed by atoms with van der Waals surface area (Å²) in [4.78, 5) is 24.5. The minimum Gasteiger partial charge on any atom is -0.504 e. The second-order valence-corrected chi connectivity index (χ2v) is 12.1. The van der Waals surface area contributed by atoms with E-state index < -0.39 is 110 Å². The number of aliphatic hydroxyl groups is 7. The summed E-state index contributed by atoms with van der Waals surface area (Å²) in [5.74, 6) is -3.45. The smallest absolute Gasteiger partial charge is 0.337 e. The first-order chi connectivity index (χ1) is 23.8. The average Bonchev–Trinajstić information content (AvgIpc) is 3.55. The van der Waals surface area contributed by atoms with Crippen LogP contribution in [-0.4, -0.2) is 153 Å². The van der Waals surface area contributed by atoms with E-state index in [1.807, 2.05) is 0 Å². The fraction of sp³-hybridized carbons (Fsp3) is 0.562. The Hall–Kier alpha value is -3.66. The molecule has 18 heteroatoms. The first-order valence-corrected chi connectivity index (χ1v) is 15.6. The van der Waals surface area contributed by atoms with Gasteiger partial charge in [-0.05, 0) is 35.8 Å². The number of allylic oxidation sites excluding steroid dienone is 1. The molecule has 3 aliphatic heterocycles. The molecule has 276 valence electrons. The summed E-state index contributed by atoms with van der Waals surface area (Å²) in [7, 11) is 1.21. The minimum absolute atomic E-state index is 0.210. The summed E-state index contributed by atoms with van der Waals surface area (Å²) in [5, 5.41) is 92.2. The van der Waals surface area contributed by atoms with Gasteiger partial charge in [0, 0.05) is 12.0 Å². The average molecular weight is 713 g/mol. The van der Waals surface area contributed by atoms with Gasteiger partial charge in [0.05, 0.1) is 38.1 Å². The number of rotatable bonds is 11. The number of ether oxygens (including phenoxy) is 7. The quantitative estimate of drug-likeness (QED) is 0.0487. The molecule has 4 aliphatic rings. The van der Waals surface area contributed by atoms with E-state index in [1.165, 1.54) is 31.4 Å². The van der Waals surface area contributed by atoms with Crippen molar-refractivity contribution in [3.8, 4) is 11.5 Å². The van der Waals surface area contributed by atoms with Crippen LogP contribution in [0, 0.1) is 11.8 Å². The summed E-state index contributed by atoms with van der Waals surface area (Å²) < 4.78 is 38.2. The van der Waals surface area contributed by atoms with Gasteiger partial charge in [0.2, 0.25) is 6.29 Å². The Morgan fingerprint density at radius 3 is 2.18 bits per heavy atom. The molecule has 1 aromatic rings. The lowest BCUT2D eigenvalue weighted by molar-refractivity contribution is -0.352. The molecule has 18 nitrogen and oxygen atoms in total. The molecule has 0 radical (unpaired) electrons. The van der Waals surface area contributed by atoms with Crippen LogP contribution in [0.5, 0.6) is 11.5 Å². The highest BCUT2D eigenvalue weighted by Gasteiger charge is 2.51. The van der Waals surface area contributed by atoms with Crippen LogP contribution in [0.3, 0.4) is 0 Å². The number of phenols is 2. The van der Waals surface area contributed by atoms with Crippen LogP contribution in [0.25, 0.3) is 6.08 Å². The van der Waals surface area contributed by atoms with Crippen molar-refractivity contribution in [3.05, 3.63) is 53.3 Å². The van der Waals surface area contributed by atoms with E-state index in [0.717, 1.165) is 12.3 Å². The lowest BCUT2D eigenvalue weighted by atomic mass is 9.83. The van der Waals surface area contributed by atoms with Crippen molar-refractivity contribution >= 4 is 18.0 Å². The molecular formula is C32H40O18. The zero-order chi connectivity index (χ0) is 36.3. The van der Waals surface area contributed by atoms with Crippen LogP contribution in [0.4, 0.5) is 0 Å². The van der Waals surface area contributed by atoms with Crippen LogP contribution in [-0.2, 0) is 42.7 Å². The predicted octanol–water partition coefficient (Wildman–Crippen LogP) is -2.73. The van der Waals surface area contributed by atoms with Gasteiger partial charge in [-0.3, -0.25) is 0 Å². The largest absolute Gasteiger partial charge is 0.504 e. The Morgan fingerprint density at radius 2 is 1.52 bits per heavy atom. The molecule has 3 heterocycles.